The Morgan fingerprint density at radius 2 is 1.94 bits per heavy atom. The normalized spacial score (nSPS) is 10.1. The van der Waals surface area contributed by atoms with Crippen molar-refractivity contribution in [3.05, 3.63) is 33.8 Å². The maximum Gasteiger partial charge on any atom is 0.313 e. The number of hydrogen-bond donors (Lipinski definition) is 0. The summed E-state index contributed by atoms with van der Waals surface area (Å²) in [6, 6.07) is 4.50. The molecule has 1 aromatic rings. The fourth-order valence-electron chi connectivity index (χ4n) is 1.17. The Balaban J connectivity index is 2.63. The highest BCUT2D eigenvalue weighted by molar-refractivity contribution is 6.42. The lowest BCUT2D eigenvalue weighted by atomic mass is 10.1. The van der Waals surface area contributed by atoms with Gasteiger partial charge in [0.25, 0.3) is 0 Å². The van der Waals surface area contributed by atoms with Gasteiger partial charge in [-0.3, -0.25) is 9.59 Å². The van der Waals surface area contributed by atoms with Gasteiger partial charge in [-0.15, -0.1) is 0 Å². The summed E-state index contributed by atoms with van der Waals surface area (Å²) in [5, 5.41) is 0.663. The Morgan fingerprint density at radius 1 is 1.24 bits per heavy atom. The first kappa shape index (κ1) is 14.0. The van der Waals surface area contributed by atoms with E-state index in [1.165, 1.54) is 18.2 Å². The highest BCUT2D eigenvalue weighted by Crippen LogP contribution is 2.23. The predicted molar refractivity (Wildman–Crippen MR) is 66.7 cm³/mol. The smallest absolute Gasteiger partial charge is 0.313 e. The van der Waals surface area contributed by atoms with Gasteiger partial charge in [0.05, 0.1) is 16.7 Å². The molecule has 92 valence electrons. The van der Waals surface area contributed by atoms with Crippen LogP contribution >= 0.6 is 23.2 Å². The minimum atomic E-state index is -0.525. The lowest BCUT2D eigenvalue weighted by molar-refractivity contribution is -0.142. The fraction of sp³-hybridized carbons (Fsp3) is 0.333. The summed E-state index contributed by atoms with van der Waals surface area (Å²) < 4.78 is 4.82. The Kier molecular flexibility index (Phi) is 5.45. The van der Waals surface area contributed by atoms with E-state index in [9.17, 15) is 9.59 Å². The van der Waals surface area contributed by atoms with Crippen LogP contribution in [0.1, 0.15) is 30.1 Å². The number of hydrogen-bond acceptors (Lipinski definition) is 3. The van der Waals surface area contributed by atoms with Crippen LogP contribution in [-0.4, -0.2) is 18.4 Å². The largest absolute Gasteiger partial charge is 0.465 e. The minimum Gasteiger partial charge on any atom is -0.465 e. The van der Waals surface area contributed by atoms with Crippen molar-refractivity contribution < 1.29 is 14.3 Å². The summed E-state index contributed by atoms with van der Waals surface area (Å²) in [5.41, 5.74) is 0.354. The van der Waals surface area contributed by atoms with Crippen molar-refractivity contribution in [2.45, 2.75) is 19.8 Å². The molecule has 0 heterocycles. The number of Topliss-reactive ketones (excluding diaryl/α,β-unsaturated/α-hetero) is 1. The van der Waals surface area contributed by atoms with Crippen LogP contribution in [0.5, 0.6) is 0 Å². The van der Waals surface area contributed by atoms with Crippen molar-refractivity contribution in [3.63, 3.8) is 0 Å². The molecule has 0 N–H and O–H groups in total. The van der Waals surface area contributed by atoms with E-state index < -0.39 is 5.97 Å². The van der Waals surface area contributed by atoms with Crippen LogP contribution in [0.3, 0.4) is 0 Å². The molecule has 0 aliphatic heterocycles. The second-order valence-corrected chi connectivity index (χ2v) is 4.26. The molecule has 0 spiro atoms. The topological polar surface area (TPSA) is 43.4 Å². The van der Waals surface area contributed by atoms with Gasteiger partial charge in [0, 0.05) is 5.56 Å². The Morgan fingerprint density at radius 3 is 2.53 bits per heavy atom. The lowest BCUT2D eigenvalue weighted by Gasteiger charge is -2.03. The first-order valence-corrected chi connectivity index (χ1v) is 5.94. The number of carbonyl (C=O) groups is 2. The average molecular weight is 275 g/mol. The van der Waals surface area contributed by atoms with Crippen molar-refractivity contribution in [1.82, 2.24) is 0 Å². The third kappa shape index (κ3) is 4.36. The van der Waals surface area contributed by atoms with Crippen molar-refractivity contribution in [2.75, 3.05) is 6.61 Å². The molecule has 5 heteroatoms. The molecule has 0 atom stereocenters. The zero-order chi connectivity index (χ0) is 12.8. The number of rotatable bonds is 5. The van der Waals surface area contributed by atoms with E-state index >= 15 is 0 Å². The lowest BCUT2D eigenvalue weighted by Crippen LogP contribution is -2.12. The van der Waals surface area contributed by atoms with Gasteiger partial charge in [-0.25, -0.2) is 0 Å². The SMILES string of the molecule is CCCOC(=O)CC(=O)c1ccc(Cl)c(Cl)c1. The van der Waals surface area contributed by atoms with Crippen molar-refractivity contribution in [2.24, 2.45) is 0 Å². The van der Waals surface area contributed by atoms with E-state index in [1.54, 1.807) is 0 Å². The quantitative estimate of drug-likeness (QED) is 0.469. The van der Waals surface area contributed by atoms with E-state index in [0.717, 1.165) is 6.42 Å². The maximum absolute atomic E-state index is 11.7. The first-order chi connectivity index (χ1) is 8.04. The van der Waals surface area contributed by atoms with Crippen molar-refractivity contribution in [3.8, 4) is 0 Å². The summed E-state index contributed by atoms with van der Waals surface area (Å²) in [4.78, 5) is 22.9. The van der Waals surface area contributed by atoms with E-state index in [0.29, 0.717) is 22.2 Å². The van der Waals surface area contributed by atoms with Crippen molar-refractivity contribution in [1.29, 1.82) is 0 Å². The highest BCUT2D eigenvalue weighted by atomic mass is 35.5. The molecule has 1 aromatic carbocycles. The van der Waals surface area contributed by atoms with Gasteiger partial charge in [0.2, 0.25) is 0 Å². The van der Waals surface area contributed by atoms with Gasteiger partial charge < -0.3 is 4.74 Å². The Hall–Kier alpha value is -1.06. The molecule has 1 rings (SSSR count). The number of carbonyl (C=O) groups excluding carboxylic acids is 2. The van der Waals surface area contributed by atoms with Crippen LogP contribution in [0.15, 0.2) is 18.2 Å². The molecular formula is C12H12Cl2O3. The molecule has 0 radical (unpaired) electrons. The number of ether oxygens (including phenoxy) is 1. The zero-order valence-corrected chi connectivity index (χ0v) is 10.8. The second kappa shape index (κ2) is 6.62. The molecular weight excluding hydrogens is 263 g/mol. The van der Waals surface area contributed by atoms with Crippen molar-refractivity contribution >= 4 is 35.0 Å². The van der Waals surface area contributed by atoms with Gasteiger partial charge in [0.15, 0.2) is 5.78 Å². The van der Waals surface area contributed by atoms with Crippen LogP contribution in [0.4, 0.5) is 0 Å². The predicted octanol–water partition coefficient (Wildman–Crippen LogP) is 3.52. The van der Waals surface area contributed by atoms with E-state index in [-0.39, 0.29) is 12.2 Å². The highest BCUT2D eigenvalue weighted by Gasteiger charge is 2.13. The second-order valence-electron chi connectivity index (χ2n) is 3.45. The first-order valence-electron chi connectivity index (χ1n) is 5.18. The number of esters is 1. The van der Waals surface area contributed by atoms with Crippen LogP contribution in [0, 0.1) is 0 Å². The van der Waals surface area contributed by atoms with Gasteiger partial charge in [0.1, 0.15) is 6.42 Å². The molecule has 0 fully saturated rings. The molecule has 0 aliphatic carbocycles. The van der Waals surface area contributed by atoms with E-state index in [4.69, 9.17) is 27.9 Å². The standard InChI is InChI=1S/C12H12Cl2O3/c1-2-5-17-12(16)7-11(15)8-3-4-9(13)10(14)6-8/h3-4,6H,2,5,7H2,1H3. The van der Waals surface area contributed by atoms with E-state index in [2.05, 4.69) is 0 Å². The Labute approximate surface area is 110 Å². The monoisotopic (exact) mass is 274 g/mol. The minimum absolute atomic E-state index is 0.280. The fourth-order valence-corrected chi connectivity index (χ4v) is 1.47. The molecule has 0 saturated carbocycles. The van der Waals surface area contributed by atoms with Crippen LogP contribution in [-0.2, 0) is 9.53 Å². The molecule has 0 saturated heterocycles. The molecule has 0 unspecified atom stereocenters. The molecule has 3 nitrogen and oxygen atoms in total. The summed E-state index contributed by atoms with van der Waals surface area (Å²) in [6.07, 6.45) is 0.449. The Bertz CT molecular complexity index is 430. The average Bonchev–Trinajstić information content (AvgIpc) is 2.30. The third-order valence-corrected chi connectivity index (χ3v) is 2.75. The number of halogens is 2. The summed E-state index contributed by atoms with van der Waals surface area (Å²) in [5.74, 6) is -0.854. The summed E-state index contributed by atoms with van der Waals surface area (Å²) >= 11 is 11.5. The molecule has 0 aromatic heterocycles. The summed E-state index contributed by atoms with van der Waals surface area (Å²) in [6.45, 7) is 2.21. The number of benzene rings is 1. The van der Waals surface area contributed by atoms with Gasteiger partial charge in [-0.05, 0) is 24.6 Å². The summed E-state index contributed by atoms with van der Waals surface area (Å²) in [7, 11) is 0. The van der Waals surface area contributed by atoms with Crippen LogP contribution < -0.4 is 0 Å². The van der Waals surface area contributed by atoms with Gasteiger partial charge in [-0.2, -0.15) is 0 Å². The molecule has 0 aliphatic rings. The van der Waals surface area contributed by atoms with Crippen LogP contribution in [0.25, 0.3) is 0 Å². The third-order valence-electron chi connectivity index (χ3n) is 2.01. The zero-order valence-electron chi connectivity index (χ0n) is 9.33. The number of ketones is 1. The van der Waals surface area contributed by atoms with Gasteiger partial charge >= 0.3 is 5.97 Å². The maximum atomic E-state index is 11.7. The molecule has 0 amide bonds. The molecule has 17 heavy (non-hydrogen) atoms. The van der Waals surface area contributed by atoms with Gasteiger partial charge in [-0.1, -0.05) is 30.1 Å². The van der Waals surface area contributed by atoms with Crippen LogP contribution in [0.2, 0.25) is 10.0 Å². The molecule has 0 bridgehead atoms. The van der Waals surface area contributed by atoms with E-state index in [1.807, 2.05) is 6.92 Å².